The summed E-state index contributed by atoms with van der Waals surface area (Å²) < 4.78 is 37.4. The molecule has 2 aromatic carbocycles. The summed E-state index contributed by atoms with van der Waals surface area (Å²) in [6.07, 6.45) is 1.60. The first-order chi connectivity index (χ1) is 13.5. The van der Waals surface area contributed by atoms with Gasteiger partial charge in [-0.15, -0.1) is 0 Å². The molecule has 0 atom stereocenters. The number of fused-ring (bicyclic) bond motifs is 1. The summed E-state index contributed by atoms with van der Waals surface area (Å²) in [7, 11) is -3.44. The predicted molar refractivity (Wildman–Crippen MR) is 109 cm³/mol. The van der Waals surface area contributed by atoms with Gasteiger partial charge >= 0.3 is 0 Å². The van der Waals surface area contributed by atoms with Crippen LogP contribution in [-0.2, 0) is 16.6 Å². The fourth-order valence-corrected chi connectivity index (χ4v) is 4.56. The maximum Gasteiger partial charge on any atom is 0.236 e. The maximum atomic E-state index is 12.6. The normalized spacial score (nSPS) is 18.0. The number of sulfonamides is 1. The Morgan fingerprint density at radius 3 is 2.43 bits per heavy atom. The highest BCUT2D eigenvalue weighted by Gasteiger charge is 2.25. The molecule has 0 N–H and O–H groups in total. The summed E-state index contributed by atoms with van der Waals surface area (Å²) in [5.74, 6) is 1.54. The Bertz CT molecular complexity index is 968. The molecule has 2 aliphatic heterocycles. The van der Waals surface area contributed by atoms with E-state index in [-0.39, 0.29) is 6.79 Å². The molecular formula is C20H21ClN2O4S. The largest absolute Gasteiger partial charge is 0.454 e. The van der Waals surface area contributed by atoms with Gasteiger partial charge in [-0.05, 0) is 41.5 Å². The van der Waals surface area contributed by atoms with E-state index in [1.54, 1.807) is 30.3 Å². The second kappa shape index (κ2) is 8.13. The third-order valence-electron chi connectivity index (χ3n) is 4.84. The monoisotopic (exact) mass is 420 g/mol. The van der Waals surface area contributed by atoms with Crippen LogP contribution >= 0.6 is 11.6 Å². The van der Waals surface area contributed by atoms with Crippen LogP contribution in [0.3, 0.4) is 0 Å². The smallest absolute Gasteiger partial charge is 0.236 e. The molecule has 0 amide bonds. The van der Waals surface area contributed by atoms with E-state index in [9.17, 15) is 8.42 Å². The molecule has 0 spiro atoms. The Morgan fingerprint density at radius 2 is 1.68 bits per heavy atom. The third kappa shape index (κ3) is 4.50. The van der Waals surface area contributed by atoms with Gasteiger partial charge in [-0.1, -0.05) is 29.8 Å². The molecule has 0 saturated carbocycles. The average Bonchev–Trinajstić information content (AvgIpc) is 3.16. The minimum absolute atomic E-state index is 0.263. The Balaban J connectivity index is 1.33. The van der Waals surface area contributed by atoms with Gasteiger partial charge in [0, 0.05) is 43.2 Å². The molecule has 1 fully saturated rings. The van der Waals surface area contributed by atoms with Crippen molar-refractivity contribution >= 4 is 27.7 Å². The number of nitrogens with zero attached hydrogens (tertiary/aromatic N) is 2. The van der Waals surface area contributed by atoms with Crippen molar-refractivity contribution in [3.63, 3.8) is 0 Å². The van der Waals surface area contributed by atoms with Crippen LogP contribution in [0.15, 0.2) is 47.9 Å². The molecule has 2 aromatic rings. The van der Waals surface area contributed by atoms with Gasteiger partial charge in [-0.3, -0.25) is 4.90 Å². The number of hydrogen-bond donors (Lipinski definition) is 0. The summed E-state index contributed by atoms with van der Waals surface area (Å²) in [5.41, 5.74) is 1.93. The molecule has 0 radical (unpaired) electrons. The van der Waals surface area contributed by atoms with Crippen LogP contribution < -0.4 is 9.47 Å². The zero-order valence-corrected chi connectivity index (χ0v) is 16.8. The molecule has 4 rings (SSSR count). The molecule has 0 bridgehead atoms. The van der Waals surface area contributed by atoms with E-state index in [1.807, 2.05) is 18.2 Å². The van der Waals surface area contributed by atoms with Crippen LogP contribution in [0.5, 0.6) is 11.5 Å². The third-order valence-corrected chi connectivity index (χ3v) is 6.65. The standard InChI is InChI=1S/C20H21ClN2O4S/c21-18-4-1-16(2-5-18)7-12-28(24,25)23-10-8-22(9-11-23)14-17-3-6-19-20(13-17)27-15-26-19/h1-7,12-13H,8-11,14-15H2/b12-7+. The van der Waals surface area contributed by atoms with Gasteiger partial charge in [-0.25, -0.2) is 8.42 Å². The molecule has 0 aromatic heterocycles. The summed E-state index contributed by atoms with van der Waals surface area (Å²) in [6, 6.07) is 13.0. The van der Waals surface area contributed by atoms with Crippen LogP contribution in [0, 0.1) is 0 Å². The molecule has 2 heterocycles. The number of halogens is 1. The van der Waals surface area contributed by atoms with Gasteiger partial charge in [0.15, 0.2) is 11.5 Å². The lowest BCUT2D eigenvalue weighted by Gasteiger charge is -2.33. The fraction of sp³-hybridized carbons (Fsp3) is 0.300. The van der Waals surface area contributed by atoms with Crippen molar-refractivity contribution < 1.29 is 17.9 Å². The molecule has 6 nitrogen and oxygen atoms in total. The maximum absolute atomic E-state index is 12.6. The number of ether oxygens (including phenoxy) is 2. The van der Waals surface area contributed by atoms with E-state index < -0.39 is 10.0 Å². The highest BCUT2D eigenvalue weighted by molar-refractivity contribution is 7.92. The average molecular weight is 421 g/mol. The molecule has 8 heteroatoms. The van der Waals surface area contributed by atoms with Crippen LogP contribution in [0.25, 0.3) is 6.08 Å². The van der Waals surface area contributed by atoms with E-state index >= 15 is 0 Å². The van der Waals surface area contributed by atoms with E-state index in [4.69, 9.17) is 21.1 Å². The first-order valence-electron chi connectivity index (χ1n) is 9.04. The predicted octanol–water partition coefficient (Wildman–Crippen LogP) is 3.19. The zero-order chi connectivity index (χ0) is 19.6. The molecule has 28 heavy (non-hydrogen) atoms. The number of rotatable bonds is 5. The Morgan fingerprint density at radius 1 is 0.964 bits per heavy atom. The van der Waals surface area contributed by atoms with Crippen LogP contribution in [0.1, 0.15) is 11.1 Å². The van der Waals surface area contributed by atoms with Crippen molar-refractivity contribution in [2.75, 3.05) is 33.0 Å². The Hall–Kier alpha value is -2.06. The van der Waals surface area contributed by atoms with Gasteiger partial charge in [0.2, 0.25) is 16.8 Å². The zero-order valence-electron chi connectivity index (χ0n) is 15.3. The second-order valence-corrected chi connectivity index (χ2v) is 9.02. The van der Waals surface area contributed by atoms with Crippen molar-refractivity contribution in [2.24, 2.45) is 0 Å². The summed E-state index contributed by atoms with van der Waals surface area (Å²) in [5, 5.41) is 1.89. The second-order valence-electron chi connectivity index (χ2n) is 6.76. The Labute approximate surface area is 170 Å². The van der Waals surface area contributed by atoms with E-state index in [1.165, 1.54) is 9.71 Å². The van der Waals surface area contributed by atoms with Gasteiger partial charge in [0.1, 0.15) is 0 Å². The lowest BCUT2D eigenvalue weighted by Crippen LogP contribution is -2.47. The lowest BCUT2D eigenvalue weighted by atomic mass is 10.2. The molecule has 148 valence electrons. The van der Waals surface area contributed by atoms with E-state index in [2.05, 4.69) is 4.90 Å². The fourth-order valence-electron chi connectivity index (χ4n) is 3.26. The van der Waals surface area contributed by atoms with Crippen molar-refractivity contribution in [1.29, 1.82) is 0 Å². The SMILES string of the molecule is O=S(=O)(/C=C/c1ccc(Cl)cc1)N1CCN(Cc2ccc3c(c2)OCO3)CC1. The van der Waals surface area contributed by atoms with Crippen LogP contribution in [0.2, 0.25) is 5.02 Å². The van der Waals surface area contributed by atoms with Crippen molar-refractivity contribution in [3.8, 4) is 11.5 Å². The van der Waals surface area contributed by atoms with Gasteiger partial charge in [0.25, 0.3) is 0 Å². The highest BCUT2D eigenvalue weighted by atomic mass is 35.5. The van der Waals surface area contributed by atoms with E-state index in [0.29, 0.717) is 31.2 Å². The topological polar surface area (TPSA) is 59.1 Å². The number of piperazine rings is 1. The first kappa shape index (κ1) is 19.3. The van der Waals surface area contributed by atoms with E-state index in [0.717, 1.165) is 29.2 Å². The molecule has 0 unspecified atom stereocenters. The quantitative estimate of drug-likeness (QED) is 0.743. The van der Waals surface area contributed by atoms with Gasteiger partial charge in [0.05, 0.1) is 0 Å². The highest BCUT2D eigenvalue weighted by Crippen LogP contribution is 2.32. The number of benzene rings is 2. The summed E-state index contributed by atoms with van der Waals surface area (Å²) >= 11 is 5.85. The van der Waals surface area contributed by atoms with Gasteiger partial charge < -0.3 is 9.47 Å². The van der Waals surface area contributed by atoms with Crippen molar-refractivity contribution in [2.45, 2.75) is 6.54 Å². The number of hydrogen-bond acceptors (Lipinski definition) is 5. The van der Waals surface area contributed by atoms with Crippen molar-refractivity contribution in [3.05, 3.63) is 64.0 Å². The first-order valence-corrected chi connectivity index (χ1v) is 10.9. The lowest BCUT2D eigenvalue weighted by molar-refractivity contribution is 0.173. The molecule has 2 aliphatic rings. The van der Waals surface area contributed by atoms with Gasteiger partial charge in [-0.2, -0.15) is 4.31 Å². The minimum Gasteiger partial charge on any atom is -0.454 e. The van der Waals surface area contributed by atoms with Crippen LogP contribution in [-0.4, -0.2) is 50.6 Å². The minimum atomic E-state index is -3.44. The Kier molecular flexibility index (Phi) is 5.59. The van der Waals surface area contributed by atoms with Crippen LogP contribution in [0.4, 0.5) is 0 Å². The summed E-state index contributed by atoms with van der Waals surface area (Å²) in [6.45, 7) is 3.32. The molecule has 1 saturated heterocycles. The van der Waals surface area contributed by atoms with Crippen molar-refractivity contribution in [1.82, 2.24) is 9.21 Å². The summed E-state index contributed by atoms with van der Waals surface area (Å²) in [4.78, 5) is 2.24. The molecule has 0 aliphatic carbocycles. The molecular weight excluding hydrogens is 400 g/mol.